The molecule has 1 unspecified atom stereocenters. The molecule has 0 radical (unpaired) electrons. The zero-order chi connectivity index (χ0) is 20.4. The number of ketones is 1. The quantitative estimate of drug-likeness (QED) is 0.671. The first-order chi connectivity index (χ1) is 12.4. The summed E-state index contributed by atoms with van der Waals surface area (Å²) in [6.07, 6.45) is 1.95. The predicted octanol–water partition coefficient (Wildman–Crippen LogP) is 4.92. The molecule has 2 rings (SSSR count). The number of hydroxylamine groups is 2. The van der Waals surface area contributed by atoms with Crippen molar-refractivity contribution in [3.8, 4) is 0 Å². The fourth-order valence-corrected chi connectivity index (χ4v) is 6.25. The molecular weight excluding hydrogens is 354 g/mol. The Morgan fingerprint density at radius 2 is 1.59 bits per heavy atom. The van der Waals surface area contributed by atoms with Gasteiger partial charge >= 0.3 is 5.97 Å². The highest BCUT2D eigenvalue weighted by Gasteiger charge is 2.32. The molecule has 0 aromatic heterocycles. The normalized spacial score (nSPS) is 18.2. The molecule has 0 saturated carbocycles. The summed E-state index contributed by atoms with van der Waals surface area (Å²) in [5.41, 5.74) is 2.06. The van der Waals surface area contributed by atoms with Gasteiger partial charge in [0.25, 0.3) is 0 Å². The van der Waals surface area contributed by atoms with E-state index < -0.39 is 13.5 Å². The van der Waals surface area contributed by atoms with Gasteiger partial charge in [-0.1, -0.05) is 43.9 Å². The lowest BCUT2D eigenvalue weighted by atomic mass is 9.89. The highest BCUT2D eigenvalue weighted by molar-refractivity contribution is 6.80. The summed E-state index contributed by atoms with van der Waals surface area (Å²) in [4.78, 5) is 29.7. The van der Waals surface area contributed by atoms with Gasteiger partial charge in [-0.25, -0.2) is 4.79 Å². The highest BCUT2D eigenvalue weighted by Crippen LogP contribution is 2.32. The highest BCUT2D eigenvalue weighted by atomic mass is 28.3. The van der Waals surface area contributed by atoms with Crippen LogP contribution >= 0.6 is 0 Å². The van der Waals surface area contributed by atoms with Crippen LogP contribution in [0.3, 0.4) is 0 Å². The number of hydrogen-bond acceptors (Lipinski definition) is 4. The molecule has 0 bridgehead atoms. The van der Waals surface area contributed by atoms with Crippen LogP contribution in [0.5, 0.6) is 0 Å². The molecular formula is C22H35NO3Si. The van der Waals surface area contributed by atoms with Crippen molar-refractivity contribution in [3.63, 3.8) is 0 Å². The van der Waals surface area contributed by atoms with E-state index in [0.29, 0.717) is 5.92 Å². The van der Waals surface area contributed by atoms with E-state index in [2.05, 4.69) is 43.9 Å². The van der Waals surface area contributed by atoms with Crippen LogP contribution in [-0.4, -0.2) is 38.0 Å². The third-order valence-corrected chi connectivity index (χ3v) is 7.76. The molecule has 4 nitrogen and oxygen atoms in total. The van der Waals surface area contributed by atoms with Crippen molar-refractivity contribution in [1.29, 1.82) is 0 Å². The number of Topliss-reactive ketones (excluding diaryl/α,β-unsaturated/α-hetero) is 1. The molecule has 150 valence electrons. The van der Waals surface area contributed by atoms with E-state index in [9.17, 15) is 9.59 Å². The largest absolute Gasteiger partial charge is 0.367 e. The van der Waals surface area contributed by atoms with Crippen molar-refractivity contribution in [2.24, 2.45) is 5.41 Å². The summed E-state index contributed by atoms with van der Waals surface area (Å²) in [6.45, 7) is 15.6. The summed E-state index contributed by atoms with van der Waals surface area (Å²) < 4.78 is 0. The zero-order valence-electron chi connectivity index (χ0n) is 18.0. The van der Waals surface area contributed by atoms with E-state index >= 15 is 0 Å². The molecule has 1 aliphatic rings. The van der Waals surface area contributed by atoms with E-state index in [1.165, 1.54) is 5.56 Å². The molecule has 1 heterocycles. The van der Waals surface area contributed by atoms with E-state index in [-0.39, 0.29) is 17.3 Å². The number of hydrogen-bond donors (Lipinski definition) is 0. The monoisotopic (exact) mass is 389 g/mol. The SMILES string of the molecule is CC(=O)C(c1ccc(C2CCN(OC(=O)C(C)(C)C)CC2)cc1)[Si](C)(C)C. The van der Waals surface area contributed by atoms with E-state index in [1.54, 1.807) is 12.0 Å². The second-order valence-corrected chi connectivity index (χ2v) is 15.2. The first kappa shape index (κ1) is 21.8. The molecule has 0 spiro atoms. The van der Waals surface area contributed by atoms with Gasteiger partial charge in [0.1, 0.15) is 5.78 Å². The van der Waals surface area contributed by atoms with Crippen molar-refractivity contribution in [2.75, 3.05) is 13.1 Å². The van der Waals surface area contributed by atoms with Gasteiger partial charge in [0.05, 0.1) is 13.5 Å². The summed E-state index contributed by atoms with van der Waals surface area (Å²) in [7, 11) is -1.59. The van der Waals surface area contributed by atoms with E-state index in [1.807, 2.05) is 20.8 Å². The first-order valence-electron chi connectivity index (χ1n) is 9.97. The van der Waals surface area contributed by atoms with E-state index in [0.717, 1.165) is 31.5 Å². The number of carbonyl (C=O) groups is 2. The molecule has 1 aliphatic heterocycles. The average Bonchev–Trinajstić information content (AvgIpc) is 2.54. The van der Waals surface area contributed by atoms with Crippen LogP contribution in [0.1, 0.15) is 63.1 Å². The topological polar surface area (TPSA) is 46.6 Å². The van der Waals surface area contributed by atoms with Crippen molar-refractivity contribution in [2.45, 2.75) is 71.6 Å². The molecule has 1 aromatic rings. The van der Waals surface area contributed by atoms with Gasteiger partial charge in [-0.05, 0) is 57.6 Å². The van der Waals surface area contributed by atoms with Crippen LogP contribution < -0.4 is 0 Å². The molecule has 1 fully saturated rings. The molecule has 5 heteroatoms. The van der Waals surface area contributed by atoms with Crippen molar-refractivity contribution in [1.82, 2.24) is 5.06 Å². The first-order valence-corrected chi connectivity index (χ1v) is 13.5. The number of piperidine rings is 1. The van der Waals surface area contributed by atoms with Gasteiger partial charge in [-0.3, -0.25) is 4.79 Å². The fraction of sp³-hybridized carbons (Fsp3) is 0.636. The molecule has 1 aromatic carbocycles. The molecule has 1 saturated heterocycles. The summed E-state index contributed by atoms with van der Waals surface area (Å²) in [5.74, 6) is 0.578. The molecule has 27 heavy (non-hydrogen) atoms. The van der Waals surface area contributed by atoms with Crippen LogP contribution in [0.15, 0.2) is 24.3 Å². The fourth-order valence-electron chi connectivity index (χ4n) is 3.84. The second-order valence-electron chi connectivity index (χ2n) is 9.91. The minimum absolute atomic E-state index is 0.0604. The van der Waals surface area contributed by atoms with Gasteiger partial charge in [-0.15, -0.1) is 5.06 Å². The maximum Gasteiger partial charge on any atom is 0.330 e. The number of benzene rings is 1. The van der Waals surface area contributed by atoms with Crippen LogP contribution in [-0.2, 0) is 14.4 Å². The van der Waals surface area contributed by atoms with E-state index in [4.69, 9.17) is 4.84 Å². The Labute approximate surface area is 165 Å². The lowest BCUT2D eigenvalue weighted by Gasteiger charge is -2.32. The summed E-state index contributed by atoms with van der Waals surface area (Å²) in [6, 6.07) is 8.66. The summed E-state index contributed by atoms with van der Waals surface area (Å²) >= 11 is 0. The van der Waals surface area contributed by atoms with Crippen molar-refractivity contribution >= 4 is 19.8 Å². The molecule has 0 aliphatic carbocycles. The predicted molar refractivity (Wildman–Crippen MR) is 112 cm³/mol. The smallest absolute Gasteiger partial charge is 0.330 e. The second kappa shape index (κ2) is 8.27. The van der Waals surface area contributed by atoms with Crippen LogP contribution in [0.25, 0.3) is 0 Å². The number of rotatable bonds is 5. The summed E-state index contributed by atoms with van der Waals surface area (Å²) in [5, 5.41) is 1.80. The Morgan fingerprint density at radius 3 is 2.00 bits per heavy atom. The molecule has 1 atom stereocenters. The third-order valence-electron chi connectivity index (χ3n) is 5.29. The Balaban J connectivity index is 1.99. The Bertz CT molecular complexity index is 662. The van der Waals surface area contributed by atoms with Crippen molar-refractivity contribution < 1.29 is 14.4 Å². The Kier molecular flexibility index (Phi) is 6.69. The Morgan fingerprint density at radius 1 is 1.07 bits per heavy atom. The molecule has 0 amide bonds. The minimum Gasteiger partial charge on any atom is -0.367 e. The maximum absolute atomic E-state index is 12.2. The van der Waals surface area contributed by atoms with Gasteiger partial charge in [-0.2, -0.15) is 0 Å². The number of carbonyl (C=O) groups excluding carboxylic acids is 2. The Hall–Kier alpha value is -1.46. The van der Waals surface area contributed by atoms with Gasteiger partial charge < -0.3 is 4.84 Å². The van der Waals surface area contributed by atoms with Crippen LogP contribution in [0.2, 0.25) is 19.6 Å². The van der Waals surface area contributed by atoms with Gasteiger partial charge in [0, 0.05) is 18.6 Å². The lowest BCUT2D eigenvalue weighted by molar-refractivity contribution is -0.204. The molecule has 0 N–H and O–H groups in total. The maximum atomic E-state index is 12.2. The number of nitrogens with zero attached hydrogens (tertiary/aromatic N) is 1. The minimum atomic E-state index is -1.59. The average molecular weight is 390 g/mol. The third kappa shape index (κ3) is 5.75. The lowest BCUT2D eigenvalue weighted by Crippen LogP contribution is -2.38. The van der Waals surface area contributed by atoms with Crippen molar-refractivity contribution in [3.05, 3.63) is 35.4 Å². The van der Waals surface area contributed by atoms with Gasteiger partial charge in [0.2, 0.25) is 0 Å². The van der Waals surface area contributed by atoms with Gasteiger partial charge in [0.15, 0.2) is 0 Å². The standard InChI is InChI=1S/C22H35NO3Si/c1-16(24)20(27(5,6)7)19-10-8-17(9-11-19)18-12-14-23(15-13-18)26-21(25)22(2,3)4/h8-11,18,20H,12-15H2,1-7H3. The zero-order valence-corrected chi connectivity index (χ0v) is 19.0. The van der Waals surface area contributed by atoms with Crippen LogP contribution in [0, 0.1) is 5.41 Å². The van der Waals surface area contributed by atoms with Crippen LogP contribution in [0.4, 0.5) is 0 Å².